The molecule has 0 aliphatic rings. The van der Waals surface area contributed by atoms with Crippen molar-refractivity contribution in [3.8, 4) is 5.75 Å². The fourth-order valence-electron chi connectivity index (χ4n) is 1.86. The minimum Gasteiger partial charge on any atom is -0.493 e. The standard InChI is InChI=1S/C16H24BrNO2/c1-14-7-6-8-15(13-14)20-12-9-16(19)18-11-5-3-2-4-10-17/h6-8,13H,2-5,9-12H2,1H3,(H,18,19). The third-order valence-corrected chi connectivity index (χ3v) is 3.53. The molecule has 0 radical (unpaired) electrons. The number of carbonyl (C=O) groups is 1. The topological polar surface area (TPSA) is 38.3 Å². The van der Waals surface area contributed by atoms with E-state index in [0.717, 1.165) is 29.6 Å². The summed E-state index contributed by atoms with van der Waals surface area (Å²) < 4.78 is 5.55. The van der Waals surface area contributed by atoms with Crippen molar-refractivity contribution in [1.82, 2.24) is 5.32 Å². The molecule has 1 amide bonds. The zero-order valence-electron chi connectivity index (χ0n) is 12.2. The van der Waals surface area contributed by atoms with Gasteiger partial charge in [0.05, 0.1) is 13.0 Å². The van der Waals surface area contributed by atoms with Gasteiger partial charge in [-0.15, -0.1) is 0 Å². The smallest absolute Gasteiger partial charge is 0.223 e. The van der Waals surface area contributed by atoms with E-state index in [0.29, 0.717) is 13.0 Å². The molecule has 1 aromatic rings. The molecule has 0 fully saturated rings. The van der Waals surface area contributed by atoms with Crippen LogP contribution in [0.1, 0.15) is 37.7 Å². The number of rotatable bonds is 10. The Labute approximate surface area is 130 Å². The van der Waals surface area contributed by atoms with Crippen LogP contribution in [0.5, 0.6) is 5.75 Å². The van der Waals surface area contributed by atoms with Gasteiger partial charge in [0.1, 0.15) is 5.75 Å². The van der Waals surface area contributed by atoms with Crippen molar-refractivity contribution in [1.29, 1.82) is 0 Å². The molecule has 0 heterocycles. The monoisotopic (exact) mass is 341 g/mol. The lowest BCUT2D eigenvalue weighted by atomic mass is 10.2. The molecule has 112 valence electrons. The lowest BCUT2D eigenvalue weighted by Crippen LogP contribution is -2.25. The fourth-order valence-corrected chi connectivity index (χ4v) is 2.25. The van der Waals surface area contributed by atoms with Crippen LogP contribution in [0, 0.1) is 6.92 Å². The summed E-state index contributed by atoms with van der Waals surface area (Å²) >= 11 is 3.41. The Morgan fingerprint density at radius 2 is 2.05 bits per heavy atom. The molecule has 0 saturated heterocycles. The number of alkyl halides is 1. The average molecular weight is 342 g/mol. The molecular formula is C16H24BrNO2. The normalized spacial score (nSPS) is 10.3. The van der Waals surface area contributed by atoms with Gasteiger partial charge in [-0.2, -0.15) is 0 Å². The molecule has 3 nitrogen and oxygen atoms in total. The van der Waals surface area contributed by atoms with E-state index in [9.17, 15) is 4.79 Å². The highest BCUT2D eigenvalue weighted by molar-refractivity contribution is 9.09. The number of benzene rings is 1. The maximum absolute atomic E-state index is 11.6. The molecule has 0 unspecified atom stereocenters. The summed E-state index contributed by atoms with van der Waals surface area (Å²) in [5.74, 6) is 0.894. The van der Waals surface area contributed by atoms with Crippen LogP contribution in [0.2, 0.25) is 0 Å². The highest BCUT2D eigenvalue weighted by Gasteiger charge is 2.01. The first-order valence-electron chi connectivity index (χ1n) is 7.24. The lowest BCUT2D eigenvalue weighted by molar-refractivity contribution is -0.121. The number of carbonyl (C=O) groups excluding carboxylic acids is 1. The van der Waals surface area contributed by atoms with E-state index in [1.165, 1.54) is 19.3 Å². The largest absolute Gasteiger partial charge is 0.493 e. The van der Waals surface area contributed by atoms with Crippen molar-refractivity contribution in [3.63, 3.8) is 0 Å². The van der Waals surface area contributed by atoms with E-state index in [2.05, 4.69) is 21.2 Å². The number of hydrogen-bond donors (Lipinski definition) is 1. The Hall–Kier alpha value is -1.03. The zero-order valence-corrected chi connectivity index (χ0v) is 13.7. The summed E-state index contributed by atoms with van der Waals surface area (Å²) in [5, 5.41) is 3.99. The van der Waals surface area contributed by atoms with Gasteiger partial charge in [-0.1, -0.05) is 40.9 Å². The molecular weight excluding hydrogens is 318 g/mol. The van der Waals surface area contributed by atoms with Gasteiger partial charge < -0.3 is 10.1 Å². The maximum Gasteiger partial charge on any atom is 0.223 e. The predicted octanol–water partition coefficient (Wildman–Crippen LogP) is 3.84. The van der Waals surface area contributed by atoms with Crippen LogP contribution in [-0.4, -0.2) is 24.4 Å². The van der Waals surface area contributed by atoms with Crippen molar-refractivity contribution < 1.29 is 9.53 Å². The Morgan fingerprint density at radius 1 is 1.25 bits per heavy atom. The van der Waals surface area contributed by atoms with Gasteiger partial charge >= 0.3 is 0 Å². The van der Waals surface area contributed by atoms with Crippen LogP contribution >= 0.6 is 15.9 Å². The molecule has 0 aliphatic carbocycles. The van der Waals surface area contributed by atoms with Gasteiger partial charge in [0.15, 0.2) is 0 Å². The molecule has 0 saturated carbocycles. The maximum atomic E-state index is 11.6. The second kappa shape index (κ2) is 10.7. The highest BCUT2D eigenvalue weighted by atomic mass is 79.9. The summed E-state index contributed by atoms with van der Waals surface area (Å²) in [4.78, 5) is 11.6. The summed E-state index contributed by atoms with van der Waals surface area (Å²) in [6, 6.07) is 7.86. The third kappa shape index (κ3) is 8.20. The Bertz CT molecular complexity index is 396. The molecule has 0 aliphatic heterocycles. The summed E-state index contributed by atoms with van der Waals surface area (Å²) in [6.07, 6.45) is 5.06. The van der Waals surface area contributed by atoms with E-state index < -0.39 is 0 Å². The molecule has 0 spiro atoms. The number of nitrogens with one attached hydrogen (secondary N) is 1. The fraction of sp³-hybridized carbons (Fsp3) is 0.562. The van der Waals surface area contributed by atoms with Crippen LogP contribution in [-0.2, 0) is 4.79 Å². The van der Waals surface area contributed by atoms with Crippen molar-refractivity contribution in [2.45, 2.75) is 39.0 Å². The number of aryl methyl sites for hydroxylation is 1. The van der Waals surface area contributed by atoms with Crippen molar-refractivity contribution >= 4 is 21.8 Å². The minimum absolute atomic E-state index is 0.0677. The van der Waals surface area contributed by atoms with Crippen LogP contribution < -0.4 is 10.1 Å². The van der Waals surface area contributed by atoms with Gasteiger partial charge in [0.25, 0.3) is 0 Å². The number of ether oxygens (including phenoxy) is 1. The van der Waals surface area contributed by atoms with Gasteiger partial charge in [-0.3, -0.25) is 4.79 Å². The Balaban J connectivity index is 2.03. The van der Waals surface area contributed by atoms with Crippen LogP contribution in [0.4, 0.5) is 0 Å². The second-order valence-electron chi connectivity index (χ2n) is 4.87. The van der Waals surface area contributed by atoms with Crippen LogP contribution in [0.15, 0.2) is 24.3 Å². The summed E-state index contributed by atoms with van der Waals surface area (Å²) in [6.45, 7) is 3.22. The first-order valence-corrected chi connectivity index (χ1v) is 8.36. The zero-order chi connectivity index (χ0) is 14.6. The number of amides is 1. The summed E-state index contributed by atoms with van der Waals surface area (Å²) in [5.41, 5.74) is 1.16. The molecule has 1 rings (SSSR count). The Morgan fingerprint density at radius 3 is 2.80 bits per heavy atom. The molecule has 1 N–H and O–H groups in total. The van der Waals surface area contributed by atoms with Gasteiger partial charge in [-0.25, -0.2) is 0 Å². The highest BCUT2D eigenvalue weighted by Crippen LogP contribution is 2.12. The molecule has 1 aromatic carbocycles. The Kier molecular flexibility index (Phi) is 9.13. The van der Waals surface area contributed by atoms with Crippen LogP contribution in [0.3, 0.4) is 0 Å². The quantitative estimate of drug-likeness (QED) is 0.518. The molecule has 0 bridgehead atoms. The van der Waals surface area contributed by atoms with Crippen LogP contribution in [0.25, 0.3) is 0 Å². The number of unbranched alkanes of at least 4 members (excludes halogenated alkanes) is 3. The SMILES string of the molecule is Cc1cccc(OCCC(=O)NCCCCCCBr)c1. The average Bonchev–Trinajstić information content (AvgIpc) is 2.43. The second-order valence-corrected chi connectivity index (χ2v) is 5.66. The summed E-state index contributed by atoms with van der Waals surface area (Å²) in [7, 11) is 0. The lowest BCUT2D eigenvalue weighted by Gasteiger charge is -2.07. The van der Waals surface area contributed by atoms with Gasteiger partial charge in [-0.05, 0) is 37.5 Å². The first-order chi connectivity index (χ1) is 9.72. The van der Waals surface area contributed by atoms with E-state index in [-0.39, 0.29) is 5.91 Å². The van der Waals surface area contributed by atoms with Crippen molar-refractivity contribution in [2.24, 2.45) is 0 Å². The van der Waals surface area contributed by atoms with E-state index in [4.69, 9.17) is 4.74 Å². The van der Waals surface area contributed by atoms with Gasteiger partial charge in [0, 0.05) is 11.9 Å². The molecule has 20 heavy (non-hydrogen) atoms. The van der Waals surface area contributed by atoms with E-state index >= 15 is 0 Å². The van der Waals surface area contributed by atoms with Crippen molar-refractivity contribution in [3.05, 3.63) is 29.8 Å². The minimum atomic E-state index is 0.0677. The van der Waals surface area contributed by atoms with E-state index in [1.807, 2.05) is 31.2 Å². The first kappa shape index (κ1) is 17.0. The van der Waals surface area contributed by atoms with Crippen molar-refractivity contribution in [2.75, 3.05) is 18.5 Å². The molecule has 0 aromatic heterocycles. The molecule has 0 atom stereocenters. The third-order valence-electron chi connectivity index (χ3n) is 2.97. The number of halogens is 1. The molecule has 4 heteroatoms. The number of hydrogen-bond acceptors (Lipinski definition) is 2. The van der Waals surface area contributed by atoms with E-state index in [1.54, 1.807) is 0 Å². The predicted molar refractivity (Wildman–Crippen MR) is 86.6 cm³/mol. The van der Waals surface area contributed by atoms with Gasteiger partial charge in [0.2, 0.25) is 5.91 Å².